The van der Waals surface area contributed by atoms with Gasteiger partial charge in [0.1, 0.15) is 17.8 Å². The summed E-state index contributed by atoms with van der Waals surface area (Å²) in [5, 5.41) is 0. The summed E-state index contributed by atoms with van der Waals surface area (Å²) in [5.41, 5.74) is 1.83. The summed E-state index contributed by atoms with van der Waals surface area (Å²) in [5.74, 6) is 1.77. The molecule has 0 radical (unpaired) electrons. The van der Waals surface area contributed by atoms with Crippen molar-refractivity contribution in [1.29, 1.82) is 0 Å². The fourth-order valence-corrected chi connectivity index (χ4v) is 5.70. The highest BCUT2D eigenvalue weighted by Crippen LogP contribution is 2.37. The van der Waals surface area contributed by atoms with E-state index in [4.69, 9.17) is 9.47 Å². The maximum absolute atomic E-state index is 13.4. The van der Waals surface area contributed by atoms with Crippen LogP contribution in [-0.2, 0) is 16.0 Å². The molecule has 0 N–H and O–H groups in total. The van der Waals surface area contributed by atoms with Crippen LogP contribution in [0.3, 0.4) is 0 Å². The molecule has 2 aromatic rings. The Labute approximate surface area is 237 Å². The summed E-state index contributed by atoms with van der Waals surface area (Å²) in [6.07, 6.45) is 1.05. The van der Waals surface area contributed by atoms with Gasteiger partial charge in [-0.1, -0.05) is 52.8 Å². The van der Waals surface area contributed by atoms with Crippen molar-refractivity contribution in [2.24, 2.45) is 11.3 Å². The number of nitrogens with zero attached hydrogens (tertiary/aromatic N) is 2. The van der Waals surface area contributed by atoms with Gasteiger partial charge in [-0.25, -0.2) is 4.79 Å². The Bertz CT molecular complexity index is 1170. The second-order valence-corrected chi connectivity index (χ2v) is 13.6. The van der Waals surface area contributed by atoms with Crippen molar-refractivity contribution in [2.75, 3.05) is 30.9 Å². The molecule has 212 valence electrons. The molecule has 3 rings (SSSR count). The minimum Gasteiger partial charge on any atom is -0.495 e. The number of carbonyl (C=O) groups is 3. The van der Waals surface area contributed by atoms with E-state index < -0.39 is 11.3 Å². The smallest absolute Gasteiger partial charge is 0.416 e. The fourth-order valence-electron chi connectivity index (χ4n) is 4.60. The van der Waals surface area contributed by atoms with Crippen molar-refractivity contribution in [2.45, 2.75) is 65.7 Å². The lowest BCUT2D eigenvalue weighted by Crippen LogP contribution is -2.42. The Hall–Kier alpha value is -3.00. The van der Waals surface area contributed by atoms with Gasteiger partial charge in [-0.2, -0.15) is 0 Å². The molecule has 0 bridgehead atoms. The number of aldehydes is 1. The van der Waals surface area contributed by atoms with Gasteiger partial charge >= 0.3 is 6.09 Å². The van der Waals surface area contributed by atoms with E-state index in [1.54, 1.807) is 40.8 Å². The van der Waals surface area contributed by atoms with Crippen molar-refractivity contribution in [3.63, 3.8) is 0 Å². The summed E-state index contributed by atoms with van der Waals surface area (Å²) < 4.78 is 11.2. The summed E-state index contributed by atoms with van der Waals surface area (Å²) >= 11 is 1.73. The molecule has 7 nitrogen and oxygen atoms in total. The topological polar surface area (TPSA) is 76.2 Å². The molecule has 0 saturated carbocycles. The summed E-state index contributed by atoms with van der Waals surface area (Å²) in [6.45, 7) is 15.1. The average molecular weight is 555 g/mol. The fraction of sp³-hybridized carbons (Fsp3) is 0.516. The first kappa shape index (κ1) is 30.5. The van der Waals surface area contributed by atoms with Crippen LogP contribution in [0.15, 0.2) is 42.5 Å². The van der Waals surface area contributed by atoms with Gasteiger partial charge in [-0.3, -0.25) is 9.69 Å². The second-order valence-electron chi connectivity index (χ2n) is 11.9. The van der Waals surface area contributed by atoms with Crippen LogP contribution in [0.2, 0.25) is 0 Å². The molecule has 0 aliphatic carbocycles. The van der Waals surface area contributed by atoms with Crippen LogP contribution in [0.25, 0.3) is 0 Å². The van der Waals surface area contributed by atoms with E-state index in [1.165, 1.54) is 0 Å². The lowest BCUT2D eigenvalue weighted by Gasteiger charge is -2.32. The van der Waals surface area contributed by atoms with Crippen molar-refractivity contribution >= 4 is 35.7 Å². The molecule has 1 aliphatic rings. The highest BCUT2D eigenvalue weighted by Gasteiger charge is 2.37. The van der Waals surface area contributed by atoms with Crippen LogP contribution in [0.5, 0.6) is 11.5 Å². The standard InChI is InChI=1S/C31H42N2O5S/c1-21(2)19-32(28(35)30(3,4)5)26-18-23(11-14-27(26)37-8)24(20-34)17-22-9-12-25(13-10-22)38-29(36)33-15-16-39-31(33,6)7/h9-14,18,20-21,24H,15-17,19H2,1-8H3. The van der Waals surface area contributed by atoms with Crippen molar-refractivity contribution < 1.29 is 23.9 Å². The van der Waals surface area contributed by atoms with E-state index in [-0.39, 0.29) is 22.8 Å². The first-order valence-corrected chi connectivity index (χ1v) is 14.4. The third-order valence-electron chi connectivity index (χ3n) is 6.75. The molecule has 39 heavy (non-hydrogen) atoms. The van der Waals surface area contributed by atoms with Gasteiger partial charge in [-0.05, 0) is 61.6 Å². The molecule has 2 amide bonds. The van der Waals surface area contributed by atoms with Crippen LogP contribution < -0.4 is 14.4 Å². The van der Waals surface area contributed by atoms with Crippen LogP contribution in [0.4, 0.5) is 10.5 Å². The van der Waals surface area contributed by atoms with Gasteiger partial charge in [-0.15, -0.1) is 11.8 Å². The number of rotatable bonds is 9. The van der Waals surface area contributed by atoms with Crippen LogP contribution >= 0.6 is 11.8 Å². The Morgan fingerprint density at radius 1 is 1.13 bits per heavy atom. The maximum atomic E-state index is 13.4. The van der Waals surface area contributed by atoms with Gasteiger partial charge in [0.15, 0.2) is 0 Å². The van der Waals surface area contributed by atoms with Gasteiger partial charge in [0.05, 0.1) is 17.7 Å². The second kappa shape index (κ2) is 12.5. The zero-order valence-electron chi connectivity index (χ0n) is 24.4. The van der Waals surface area contributed by atoms with Crippen LogP contribution in [0, 0.1) is 11.3 Å². The predicted molar refractivity (Wildman–Crippen MR) is 158 cm³/mol. The third kappa shape index (κ3) is 7.56. The first-order valence-electron chi connectivity index (χ1n) is 13.4. The molecular formula is C31H42N2O5S. The molecule has 1 fully saturated rings. The highest BCUT2D eigenvalue weighted by atomic mass is 32.2. The van der Waals surface area contributed by atoms with Gasteiger partial charge < -0.3 is 19.2 Å². The van der Waals surface area contributed by atoms with Gasteiger partial charge in [0.2, 0.25) is 5.91 Å². The molecule has 1 atom stereocenters. The number of benzene rings is 2. The molecule has 1 heterocycles. The van der Waals surface area contributed by atoms with Crippen LogP contribution in [0.1, 0.15) is 65.5 Å². The molecule has 0 spiro atoms. The highest BCUT2D eigenvalue weighted by molar-refractivity contribution is 8.00. The minimum absolute atomic E-state index is 0.00430. The summed E-state index contributed by atoms with van der Waals surface area (Å²) in [6, 6.07) is 12.9. The van der Waals surface area contributed by atoms with E-state index >= 15 is 0 Å². The SMILES string of the molecule is COc1ccc(C(C=O)Cc2ccc(OC(=O)N3CCSC3(C)C)cc2)cc1N(CC(C)C)C(=O)C(C)(C)C. The maximum Gasteiger partial charge on any atom is 0.416 e. The molecular weight excluding hydrogens is 512 g/mol. The zero-order chi connectivity index (χ0) is 29.0. The average Bonchev–Trinajstić information content (AvgIpc) is 3.24. The van der Waals surface area contributed by atoms with Crippen molar-refractivity contribution in [3.8, 4) is 11.5 Å². The Morgan fingerprint density at radius 2 is 1.79 bits per heavy atom. The Balaban J connectivity index is 1.81. The number of carbonyl (C=O) groups excluding carboxylic acids is 3. The number of hydrogen-bond acceptors (Lipinski definition) is 6. The lowest BCUT2D eigenvalue weighted by atomic mass is 9.91. The van der Waals surface area contributed by atoms with Crippen LogP contribution in [-0.4, -0.2) is 54.0 Å². The number of thioether (sulfide) groups is 1. The lowest BCUT2D eigenvalue weighted by molar-refractivity contribution is -0.125. The third-order valence-corrected chi connectivity index (χ3v) is 8.06. The zero-order valence-corrected chi connectivity index (χ0v) is 25.3. The number of amides is 2. The number of methoxy groups -OCH3 is 1. The number of hydrogen-bond donors (Lipinski definition) is 0. The Morgan fingerprint density at radius 3 is 2.31 bits per heavy atom. The van der Waals surface area contributed by atoms with Gasteiger partial charge in [0.25, 0.3) is 0 Å². The van der Waals surface area contributed by atoms with E-state index in [2.05, 4.69) is 13.8 Å². The van der Waals surface area contributed by atoms with E-state index in [0.29, 0.717) is 36.7 Å². The molecule has 1 saturated heterocycles. The number of ether oxygens (including phenoxy) is 2. The minimum atomic E-state index is -0.575. The van der Waals surface area contributed by atoms with E-state index in [0.717, 1.165) is 23.2 Å². The molecule has 2 aromatic carbocycles. The van der Waals surface area contributed by atoms with Gasteiger partial charge in [0, 0.05) is 30.2 Å². The van der Waals surface area contributed by atoms with Crippen molar-refractivity contribution in [1.82, 2.24) is 4.90 Å². The predicted octanol–water partition coefficient (Wildman–Crippen LogP) is 6.54. The molecule has 1 unspecified atom stereocenters. The van der Waals surface area contributed by atoms with E-state index in [1.807, 2.05) is 65.0 Å². The van der Waals surface area contributed by atoms with Crippen molar-refractivity contribution in [3.05, 3.63) is 53.6 Å². The molecule has 1 aliphatic heterocycles. The summed E-state index contributed by atoms with van der Waals surface area (Å²) in [4.78, 5) is 41.5. The van der Waals surface area contributed by atoms with E-state index in [9.17, 15) is 14.4 Å². The normalized spacial score (nSPS) is 15.7. The quantitative estimate of drug-likeness (QED) is 0.328. The largest absolute Gasteiger partial charge is 0.495 e. The monoisotopic (exact) mass is 554 g/mol. The Kier molecular flexibility index (Phi) is 9.75. The summed E-state index contributed by atoms with van der Waals surface area (Å²) in [7, 11) is 1.59. The molecule has 0 aromatic heterocycles. The molecule has 8 heteroatoms. The number of anilines is 1. The first-order chi connectivity index (χ1) is 18.3.